The van der Waals surface area contributed by atoms with Crippen LogP contribution in [0.5, 0.6) is 5.75 Å². The van der Waals surface area contributed by atoms with Crippen molar-refractivity contribution in [3.05, 3.63) is 27.8 Å². The molecule has 1 aromatic rings. The second-order valence-corrected chi connectivity index (χ2v) is 4.96. The summed E-state index contributed by atoms with van der Waals surface area (Å²) in [6.07, 6.45) is 2.02. The molecule has 0 radical (unpaired) electrons. The van der Waals surface area contributed by atoms with E-state index in [0.29, 0.717) is 18.6 Å². The van der Waals surface area contributed by atoms with Crippen molar-refractivity contribution in [2.75, 3.05) is 0 Å². The number of hydrogen-bond donors (Lipinski definition) is 2. The van der Waals surface area contributed by atoms with Gasteiger partial charge in [0.25, 0.3) is 0 Å². The van der Waals surface area contributed by atoms with E-state index in [-0.39, 0.29) is 5.92 Å². The highest BCUT2D eigenvalue weighted by Crippen LogP contribution is 2.37. The molecular formula is C14H18O3. The minimum absolute atomic E-state index is 0.274. The summed E-state index contributed by atoms with van der Waals surface area (Å²) >= 11 is 0. The average Bonchev–Trinajstić information content (AvgIpc) is 2.32. The van der Waals surface area contributed by atoms with E-state index in [1.165, 1.54) is 0 Å². The maximum Gasteiger partial charge on any atom is 0.306 e. The molecule has 0 saturated heterocycles. The van der Waals surface area contributed by atoms with Crippen LogP contribution in [-0.4, -0.2) is 16.2 Å². The summed E-state index contributed by atoms with van der Waals surface area (Å²) in [6.45, 7) is 5.78. The molecule has 1 aromatic carbocycles. The van der Waals surface area contributed by atoms with Crippen LogP contribution in [0.15, 0.2) is 0 Å². The fraction of sp³-hybridized carbons (Fsp3) is 0.500. The largest absolute Gasteiger partial charge is 0.507 e. The van der Waals surface area contributed by atoms with Gasteiger partial charge in [-0.1, -0.05) is 0 Å². The van der Waals surface area contributed by atoms with Crippen molar-refractivity contribution in [2.24, 2.45) is 5.92 Å². The van der Waals surface area contributed by atoms with Crippen molar-refractivity contribution in [1.82, 2.24) is 0 Å². The first kappa shape index (κ1) is 12.0. The molecule has 2 rings (SSSR count). The van der Waals surface area contributed by atoms with Crippen LogP contribution in [0.4, 0.5) is 0 Å². The molecule has 1 aliphatic rings. The normalized spacial score (nSPS) is 18.9. The molecule has 0 heterocycles. The topological polar surface area (TPSA) is 57.5 Å². The van der Waals surface area contributed by atoms with Crippen molar-refractivity contribution in [1.29, 1.82) is 0 Å². The Labute approximate surface area is 101 Å². The SMILES string of the molecule is Cc1c(C)c2c(c(C)c1O)CCC(C(=O)O)C2. The first-order valence-corrected chi connectivity index (χ1v) is 5.96. The number of fused-ring (bicyclic) bond motifs is 1. The van der Waals surface area contributed by atoms with Gasteiger partial charge in [-0.2, -0.15) is 0 Å². The molecule has 0 fully saturated rings. The molecule has 0 saturated carbocycles. The van der Waals surface area contributed by atoms with E-state index in [1.54, 1.807) is 0 Å². The predicted octanol–water partition coefficient (Wildman–Crippen LogP) is 2.51. The van der Waals surface area contributed by atoms with E-state index in [9.17, 15) is 9.90 Å². The standard InChI is InChI=1S/C14H18O3/c1-7-8(2)13(15)9(3)11-5-4-10(14(16)17)6-12(7)11/h10,15H,4-6H2,1-3H3,(H,16,17). The maximum absolute atomic E-state index is 11.1. The third-order valence-corrected chi connectivity index (χ3v) is 4.09. The molecule has 1 unspecified atom stereocenters. The number of phenols is 1. The lowest BCUT2D eigenvalue weighted by Gasteiger charge is -2.27. The van der Waals surface area contributed by atoms with Crippen LogP contribution in [0, 0.1) is 26.7 Å². The smallest absolute Gasteiger partial charge is 0.306 e. The summed E-state index contributed by atoms with van der Waals surface area (Å²) in [5.74, 6) is -0.613. The van der Waals surface area contributed by atoms with Crippen LogP contribution in [0.1, 0.15) is 34.2 Å². The van der Waals surface area contributed by atoms with Crippen molar-refractivity contribution < 1.29 is 15.0 Å². The van der Waals surface area contributed by atoms with Gasteiger partial charge in [0.05, 0.1) is 5.92 Å². The molecule has 3 nitrogen and oxygen atoms in total. The molecule has 92 valence electrons. The highest BCUT2D eigenvalue weighted by molar-refractivity contribution is 5.71. The lowest BCUT2D eigenvalue weighted by atomic mass is 9.78. The first-order chi connectivity index (χ1) is 7.93. The monoisotopic (exact) mass is 234 g/mol. The van der Waals surface area contributed by atoms with Crippen LogP contribution in [-0.2, 0) is 17.6 Å². The molecule has 0 amide bonds. The predicted molar refractivity (Wildman–Crippen MR) is 65.5 cm³/mol. The van der Waals surface area contributed by atoms with Gasteiger partial charge in [0.1, 0.15) is 5.75 Å². The molecule has 1 aliphatic carbocycles. The molecule has 0 bridgehead atoms. The molecular weight excluding hydrogens is 216 g/mol. The van der Waals surface area contributed by atoms with E-state index in [1.807, 2.05) is 20.8 Å². The summed E-state index contributed by atoms with van der Waals surface area (Å²) in [7, 11) is 0. The quantitative estimate of drug-likeness (QED) is 0.785. The van der Waals surface area contributed by atoms with Gasteiger partial charge in [0, 0.05) is 0 Å². The van der Waals surface area contributed by atoms with E-state index >= 15 is 0 Å². The summed E-state index contributed by atoms with van der Waals surface area (Å²) in [5, 5.41) is 19.1. The fourth-order valence-electron chi connectivity index (χ4n) is 2.77. The Kier molecular flexibility index (Phi) is 2.86. The zero-order valence-corrected chi connectivity index (χ0v) is 10.5. The fourth-order valence-corrected chi connectivity index (χ4v) is 2.77. The van der Waals surface area contributed by atoms with Gasteiger partial charge < -0.3 is 10.2 Å². The lowest BCUT2D eigenvalue weighted by molar-refractivity contribution is -0.142. The highest BCUT2D eigenvalue weighted by Gasteiger charge is 2.28. The van der Waals surface area contributed by atoms with Crippen molar-refractivity contribution in [3.63, 3.8) is 0 Å². The Morgan fingerprint density at radius 3 is 2.35 bits per heavy atom. The second-order valence-electron chi connectivity index (χ2n) is 4.96. The van der Waals surface area contributed by atoms with Gasteiger partial charge in [-0.05, 0) is 67.9 Å². The van der Waals surface area contributed by atoms with Gasteiger partial charge >= 0.3 is 5.97 Å². The number of carboxylic acids is 1. The van der Waals surface area contributed by atoms with E-state index in [2.05, 4.69) is 0 Å². The third kappa shape index (κ3) is 1.79. The first-order valence-electron chi connectivity index (χ1n) is 5.96. The Morgan fingerprint density at radius 2 is 1.76 bits per heavy atom. The van der Waals surface area contributed by atoms with Crippen LogP contribution < -0.4 is 0 Å². The average molecular weight is 234 g/mol. The Hall–Kier alpha value is -1.51. The Morgan fingerprint density at radius 1 is 1.12 bits per heavy atom. The van der Waals surface area contributed by atoms with Crippen LogP contribution >= 0.6 is 0 Å². The van der Waals surface area contributed by atoms with E-state index < -0.39 is 5.97 Å². The zero-order chi connectivity index (χ0) is 12.7. The van der Waals surface area contributed by atoms with Gasteiger partial charge in [-0.15, -0.1) is 0 Å². The minimum Gasteiger partial charge on any atom is -0.507 e. The number of carbonyl (C=O) groups is 1. The highest BCUT2D eigenvalue weighted by atomic mass is 16.4. The maximum atomic E-state index is 11.1. The molecule has 0 spiro atoms. The van der Waals surface area contributed by atoms with Crippen LogP contribution in [0.25, 0.3) is 0 Å². The summed E-state index contributed by atoms with van der Waals surface area (Å²) in [6, 6.07) is 0. The van der Waals surface area contributed by atoms with Crippen molar-refractivity contribution in [2.45, 2.75) is 40.0 Å². The number of aliphatic carboxylic acids is 1. The van der Waals surface area contributed by atoms with Gasteiger partial charge in [0.15, 0.2) is 0 Å². The van der Waals surface area contributed by atoms with E-state index in [4.69, 9.17) is 5.11 Å². The number of phenolic OH excluding ortho intramolecular Hbond substituents is 1. The second kappa shape index (κ2) is 4.06. The number of carboxylic acid groups (broad SMARTS) is 1. The van der Waals surface area contributed by atoms with Crippen molar-refractivity contribution in [3.8, 4) is 5.75 Å². The molecule has 2 N–H and O–H groups in total. The molecule has 0 aromatic heterocycles. The Balaban J connectivity index is 2.55. The molecule has 1 atom stereocenters. The minimum atomic E-state index is -0.710. The summed E-state index contributed by atoms with van der Waals surface area (Å²) in [4.78, 5) is 11.1. The molecule has 3 heteroatoms. The lowest BCUT2D eigenvalue weighted by Crippen LogP contribution is -2.23. The van der Waals surface area contributed by atoms with Gasteiger partial charge in [0.2, 0.25) is 0 Å². The number of aromatic hydroxyl groups is 1. The number of benzene rings is 1. The number of rotatable bonds is 1. The van der Waals surface area contributed by atoms with Crippen molar-refractivity contribution >= 4 is 5.97 Å². The van der Waals surface area contributed by atoms with Gasteiger partial charge in [-0.3, -0.25) is 4.79 Å². The third-order valence-electron chi connectivity index (χ3n) is 4.09. The summed E-state index contributed by atoms with van der Waals surface area (Å²) < 4.78 is 0. The Bertz CT molecular complexity index is 489. The summed E-state index contributed by atoms with van der Waals surface area (Å²) in [5.41, 5.74) is 5.15. The van der Waals surface area contributed by atoms with E-state index in [0.717, 1.165) is 34.2 Å². The van der Waals surface area contributed by atoms with Crippen LogP contribution in [0.3, 0.4) is 0 Å². The molecule has 17 heavy (non-hydrogen) atoms. The molecule has 0 aliphatic heterocycles. The van der Waals surface area contributed by atoms with Gasteiger partial charge in [-0.25, -0.2) is 0 Å². The van der Waals surface area contributed by atoms with Crippen LogP contribution in [0.2, 0.25) is 0 Å². The zero-order valence-electron chi connectivity index (χ0n) is 10.5. The number of hydrogen-bond acceptors (Lipinski definition) is 2.